The van der Waals surface area contributed by atoms with Gasteiger partial charge in [0.05, 0.1) is 41.5 Å². The monoisotopic (exact) mass is 984 g/mol. The van der Waals surface area contributed by atoms with Gasteiger partial charge in [0.15, 0.2) is 0 Å². The first-order valence-electron chi connectivity index (χ1n) is 22.6. The van der Waals surface area contributed by atoms with Gasteiger partial charge in [0, 0.05) is 39.8 Å². The third-order valence-corrected chi connectivity index (χ3v) is 13.9. The van der Waals surface area contributed by atoms with Crippen LogP contribution in [0.2, 0.25) is 0 Å². The average Bonchev–Trinajstić information content (AvgIpc) is 3.66. The number of halogens is 1. The highest BCUT2D eigenvalue weighted by Gasteiger charge is 2.51. The fraction of sp³-hybridized carbons (Fsp3) is 0.458. The van der Waals surface area contributed by atoms with Gasteiger partial charge in [-0.15, -0.1) is 0 Å². The minimum atomic E-state index is -1.88. The smallest absolute Gasteiger partial charge is 0.407 e. The Balaban J connectivity index is 1.03. The highest BCUT2D eigenvalue weighted by molar-refractivity contribution is 9.10. The van der Waals surface area contributed by atoms with Gasteiger partial charge < -0.3 is 46.6 Å². The molecule has 67 heavy (non-hydrogen) atoms. The molecule has 2 aromatic heterocycles. The van der Waals surface area contributed by atoms with Crippen LogP contribution in [0.5, 0.6) is 0 Å². The van der Waals surface area contributed by atoms with Gasteiger partial charge in [-0.1, -0.05) is 74.2 Å². The number of anilines is 1. The minimum Gasteiger partial charge on any atom is -0.457 e. The lowest BCUT2D eigenvalue weighted by Crippen LogP contribution is -2.55. The first-order chi connectivity index (χ1) is 32.0. The maximum Gasteiger partial charge on any atom is 0.407 e. The summed E-state index contributed by atoms with van der Waals surface area (Å²) in [6.07, 6.45) is 3.39. The predicted molar refractivity (Wildman–Crippen MR) is 251 cm³/mol. The van der Waals surface area contributed by atoms with E-state index in [1.54, 1.807) is 55.7 Å². The molecule has 4 heterocycles. The molecule has 1 saturated carbocycles. The Labute approximate surface area is 395 Å². The number of hydrogen-bond donors (Lipinski definition) is 5. The molecule has 2 aliphatic heterocycles. The van der Waals surface area contributed by atoms with E-state index in [0.717, 1.165) is 40.2 Å². The number of urea groups is 1. The number of aromatic nitrogens is 2. The summed E-state index contributed by atoms with van der Waals surface area (Å²) in [4.78, 5) is 98.9. The molecule has 3 atom stereocenters. The lowest BCUT2D eigenvalue weighted by molar-refractivity contribution is -0.191. The Morgan fingerprint density at radius 3 is 2.40 bits per heavy atom. The van der Waals surface area contributed by atoms with Crippen molar-refractivity contribution in [1.29, 1.82) is 0 Å². The molecular formula is C48H57BrN8O10. The zero-order chi connectivity index (χ0) is 48.2. The second-order valence-electron chi connectivity index (χ2n) is 18.0. The number of ether oxygens (including phenoxy) is 3. The van der Waals surface area contributed by atoms with Crippen molar-refractivity contribution in [1.82, 2.24) is 20.2 Å². The van der Waals surface area contributed by atoms with Gasteiger partial charge in [-0.2, -0.15) is 0 Å². The third-order valence-electron chi connectivity index (χ3n) is 13.2. The van der Waals surface area contributed by atoms with Crippen molar-refractivity contribution in [2.24, 2.45) is 28.5 Å². The molecule has 0 bridgehead atoms. The van der Waals surface area contributed by atoms with Crippen molar-refractivity contribution in [2.75, 3.05) is 18.0 Å². The van der Waals surface area contributed by atoms with Crippen LogP contribution in [-0.4, -0.2) is 70.6 Å². The third kappa shape index (κ3) is 10.2. The number of nitrogens with zero attached hydrogens (tertiary/aromatic N) is 3. The maximum atomic E-state index is 14.2. The summed E-state index contributed by atoms with van der Waals surface area (Å²) in [5.74, 6) is -2.94. The number of esters is 2. The fourth-order valence-electron chi connectivity index (χ4n) is 9.40. The molecule has 0 spiro atoms. The molecule has 1 fully saturated rings. The van der Waals surface area contributed by atoms with Gasteiger partial charge in [0.25, 0.3) is 5.56 Å². The van der Waals surface area contributed by atoms with Crippen LogP contribution >= 0.6 is 15.9 Å². The molecule has 3 aliphatic rings. The number of primary amides is 2. The number of carbonyl (C=O) groups is 6. The fourth-order valence-corrected chi connectivity index (χ4v) is 9.87. The van der Waals surface area contributed by atoms with E-state index < -0.39 is 59.0 Å². The zero-order valence-corrected chi connectivity index (χ0v) is 39.4. The molecule has 0 saturated heterocycles. The van der Waals surface area contributed by atoms with Gasteiger partial charge in [0.2, 0.25) is 17.4 Å². The highest BCUT2D eigenvalue weighted by atomic mass is 79.9. The van der Waals surface area contributed by atoms with Gasteiger partial charge in [-0.25, -0.2) is 19.4 Å². The van der Waals surface area contributed by atoms with E-state index in [0.29, 0.717) is 41.9 Å². The number of hydrogen-bond acceptors (Lipinski definition) is 12. The number of pyridine rings is 2. The summed E-state index contributed by atoms with van der Waals surface area (Å²) in [7, 11) is 0. The van der Waals surface area contributed by atoms with Gasteiger partial charge in [0.1, 0.15) is 19.3 Å². The van der Waals surface area contributed by atoms with E-state index in [1.165, 1.54) is 4.90 Å². The van der Waals surface area contributed by atoms with Crippen LogP contribution in [0.1, 0.15) is 101 Å². The summed E-state index contributed by atoms with van der Waals surface area (Å²) in [5, 5.41) is 6.20. The highest BCUT2D eigenvalue weighted by Crippen LogP contribution is 2.44. The summed E-state index contributed by atoms with van der Waals surface area (Å²) in [5.41, 5.74) is 18.4. The molecule has 0 unspecified atom stereocenters. The second kappa shape index (κ2) is 20.3. The molecule has 19 heteroatoms. The van der Waals surface area contributed by atoms with Crippen LogP contribution in [0.15, 0.2) is 63.9 Å². The number of alkyl carbamates (subject to hydrolysis) is 1. The number of carbonyl (C=O) groups excluding carboxylic acids is 6. The summed E-state index contributed by atoms with van der Waals surface area (Å²) in [6.45, 7) is 5.42. The summed E-state index contributed by atoms with van der Waals surface area (Å²) >= 11 is 3.60. The molecule has 1 aliphatic carbocycles. The van der Waals surface area contributed by atoms with Gasteiger partial charge in [-0.05, 0) is 85.4 Å². The lowest BCUT2D eigenvalue weighted by Gasteiger charge is -2.39. The van der Waals surface area contributed by atoms with Gasteiger partial charge in [-0.3, -0.25) is 24.1 Å². The Hall–Kier alpha value is -6.34. The molecular weight excluding hydrogens is 928 g/mol. The quantitative estimate of drug-likeness (QED) is 0.0453. The molecule has 18 nitrogen and oxygen atoms in total. The van der Waals surface area contributed by atoms with Crippen LogP contribution in [-0.2, 0) is 58.7 Å². The first-order valence-corrected chi connectivity index (χ1v) is 23.4. The number of fused-ring (bicyclic) bond motifs is 5. The molecule has 356 valence electrons. The summed E-state index contributed by atoms with van der Waals surface area (Å²) in [6, 6.07) is 13.2. The molecule has 8 N–H and O–H groups in total. The van der Waals surface area contributed by atoms with E-state index in [4.69, 9.17) is 36.4 Å². The van der Waals surface area contributed by atoms with Crippen molar-refractivity contribution in [3.05, 3.63) is 91.7 Å². The van der Waals surface area contributed by atoms with Crippen molar-refractivity contribution in [3.63, 3.8) is 0 Å². The number of benzene rings is 2. The molecule has 4 aromatic rings. The Kier molecular flexibility index (Phi) is 14.7. The van der Waals surface area contributed by atoms with E-state index in [9.17, 15) is 33.6 Å². The van der Waals surface area contributed by atoms with Crippen molar-refractivity contribution >= 4 is 68.4 Å². The minimum absolute atomic E-state index is 0.0125. The molecule has 0 radical (unpaired) electrons. The Morgan fingerprint density at radius 2 is 1.73 bits per heavy atom. The number of amides is 5. The maximum absolute atomic E-state index is 14.2. The van der Waals surface area contributed by atoms with Crippen LogP contribution in [0.25, 0.3) is 22.3 Å². The van der Waals surface area contributed by atoms with Gasteiger partial charge >= 0.3 is 24.1 Å². The van der Waals surface area contributed by atoms with Crippen molar-refractivity contribution < 1.29 is 43.0 Å². The van der Waals surface area contributed by atoms with Crippen LogP contribution in [0.3, 0.4) is 0 Å². The van der Waals surface area contributed by atoms with Crippen LogP contribution < -0.4 is 38.3 Å². The predicted octanol–water partition coefficient (Wildman–Crippen LogP) is 5.28. The molecule has 5 amide bonds. The Bertz CT molecular complexity index is 2650. The first kappa shape index (κ1) is 48.6. The average molecular weight is 986 g/mol. The van der Waals surface area contributed by atoms with Crippen molar-refractivity contribution in [2.45, 2.75) is 116 Å². The normalized spacial score (nSPS) is 17.9. The molecule has 7 rings (SSSR count). The summed E-state index contributed by atoms with van der Waals surface area (Å²) < 4.78 is 19.9. The van der Waals surface area contributed by atoms with E-state index in [1.807, 2.05) is 24.3 Å². The number of nitrogens with one attached hydrogen (secondary N) is 2. The molecule has 2 aromatic carbocycles. The van der Waals surface area contributed by atoms with Crippen molar-refractivity contribution in [3.8, 4) is 11.4 Å². The number of rotatable bonds is 17. The van der Waals surface area contributed by atoms with E-state index in [2.05, 4.69) is 26.6 Å². The second-order valence-corrected chi connectivity index (χ2v) is 18.9. The van der Waals surface area contributed by atoms with E-state index >= 15 is 0 Å². The van der Waals surface area contributed by atoms with Crippen LogP contribution in [0.4, 0.5) is 15.3 Å². The largest absolute Gasteiger partial charge is 0.457 e. The SMILES string of the molecule is CC[C@@]1(OC(=O)CC2(CNC(=O)OCc3ccc(N(C(=O)[C@@H](N)C(C)C)[C@@H](CCCNC(N)=O)C(N)=O)cc3)CCCCC2)C(=O)OCc2c1cc1n(c2=O)Cc2cc3c(Br)cccc3nc2-1. The van der Waals surface area contributed by atoms with Crippen LogP contribution in [0, 0.1) is 11.3 Å². The number of cyclic esters (lactones) is 1. The topological polar surface area (TPSA) is 270 Å². The standard InChI is InChI=1S/C48H57BrN8O10/c1-4-48(33-21-37-40-29(20-31-34(49)10-8-11-35(31)55-40)23-56(37)42(60)32(33)25-65-44(48)62)67-38(58)22-47(17-6-5-7-18-47)26-54-46(64)66-24-28-13-15-30(16-14-28)57(43(61)39(50)27(2)3)36(41(51)59)12-9-19-53-45(52)63/h8,10-11,13-16,20-21,27,36,39H,4-7,9,12,17-19,22-26,50H2,1-3H3,(H2,51,59)(H,54,64)(H3,52,53,63)/t36-,39-,48-/m0/s1. The lowest BCUT2D eigenvalue weighted by atomic mass is 9.71. The number of nitrogens with two attached hydrogens (primary N) is 3. The zero-order valence-electron chi connectivity index (χ0n) is 37.9. The Morgan fingerprint density at radius 1 is 1.00 bits per heavy atom. The van der Waals surface area contributed by atoms with E-state index in [-0.39, 0.29) is 74.7 Å².